The van der Waals surface area contributed by atoms with Gasteiger partial charge in [-0.05, 0) is 30.9 Å². The Morgan fingerprint density at radius 1 is 1.34 bits per heavy atom. The van der Waals surface area contributed by atoms with Gasteiger partial charge in [0.2, 0.25) is 0 Å². The van der Waals surface area contributed by atoms with Gasteiger partial charge in [-0.3, -0.25) is 9.69 Å². The highest BCUT2D eigenvalue weighted by Gasteiger charge is 2.20. The molecule has 154 valence electrons. The summed E-state index contributed by atoms with van der Waals surface area (Å²) in [6.07, 6.45) is 1.56. The molecule has 9 heteroatoms. The monoisotopic (exact) mass is 431 g/mol. The van der Waals surface area contributed by atoms with Crippen molar-refractivity contribution < 1.29 is 9.53 Å². The molecule has 0 spiro atoms. The Morgan fingerprint density at radius 2 is 2.17 bits per heavy atom. The van der Waals surface area contributed by atoms with Crippen LogP contribution >= 0.6 is 22.7 Å². The van der Waals surface area contributed by atoms with Crippen LogP contribution in [0.15, 0.2) is 23.8 Å². The molecule has 4 heterocycles. The second-order valence-corrected chi connectivity index (χ2v) is 9.03. The summed E-state index contributed by atoms with van der Waals surface area (Å²) in [4.78, 5) is 26.7. The van der Waals surface area contributed by atoms with Gasteiger partial charge in [-0.25, -0.2) is 9.97 Å². The molecule has 1 atom stereocenters. The van der Waals surface area contributed by atoms with Gasteiger partial charge in [-0.1, -0.05) is 6.07 Å². The fourth-order valence-corrected chi connectivity index (χ4v) is 5.24. The van der Waals surface area contributed by atoms with Crippen molar-refractivity contribution in [2.75, 3.05) is 44.7 Å². The third kappa shape index (κ3) is 4.58. The van der Waals surface area contributed by atoms with Crippen LogP contribution in [0.5, 0.6) is 0 Å². The summed E-state index contributed by atoms with van der Waals surface area (Å²) in [5, 5.41) is 9.53. The van der Waals surface area contributed by atoms with E-state index in [9.17, 15) is 4.79 Å². The van der Waals surface area contributed by atoms with E-state index < -0.39 is 0 Å². The highest BCUT2D eigenvalue weighted by Crippen LogP contribution is 2.34. The Balaban J connectivity index is 1.47. The summed E-state index contributed by atoms with van der Waals surface area (Å²) in [5.74, 6) is 0.730. The maximum Gasteiger partial charge on any atom is 0.261 e. The highest BCUT2D eigenvalue weighted by molar-refractivity contribution is 7.20. The van der Waals surface area contributed by atoms with Crippen molar-refractivity contribution in [2.24, 2.45) is 0 Å². The summed E-state index contributed by atoms with van der Waals surface area (Å²) in [6.45, 7) is 8.92. The van der Waals surface area contributed by atoms with Crippen molar-refractivity contribution in [3.05, 3.63) is 39.2 Å². The van der Waals surface area contributed by atoms with Crippen LogP contribution in [0.2, 0.25) is 0 Å². The van der Waals surface area contributed by atoms with E-state index in [1.807, 2.05) is 13.0 Å². The lowest BCUT2D eigenvalue weighted by atomic mass is 10.2. The average molecular weight is 432 g/mol. The van der Waals surface area contributed by atoms with Crippen LogP contribution in [0.25, 0.3) is 10.2 Å². The lowest BCUT2D eigenvalue weighted by Crippen LogP contribution is -2.41. The fraction of sp³-hybridized carbons (Fsp3) is 0.450. The molecule has 1 aliphatic heterocycles. The van der Waals surface area contributed by atoms with Gasteiger partial charge in [0.25, 0.3) is 5.91 Å². The second kappa shape index (κ2) is 9.17. The van der Waals surface area contributed by atoms with Crippen LogP contribution in [-0.4, -0.2) is 60.2 Å². The SMILES string of the molecule is Cc1c(C(=O)NCCN2CCOCC2)sc2ncnc(NC(C)c3cccs3)c12. The number of amides is 1. The van der Waals surface area contributed by atoms with Crippen LogP contribution in [0.4, 0.5) is 5.82 Å². The first kappa shape index (κ1) is 20.2. The number of rotatable bonds is 7. The van der Waals surface area contributed by atoms with E-state index in [1.54, 1.807) is 17.7 Å². The van der Waals surface area contributed by atoms with Crippen LogP contribution in [0.3, 0.4) is 0 Å². The Kier molecular flexibility index (Phi) is 6.39. The molecule has 0 bridgehead atoms. The van der Waals surface area contributed by atoms with Gasteiger partial charge in [0.05, 0.1) is 29.5 Å². The van der Waals surface area contributed by atoms with Gasteiger partial charge >= 0.3 is 0 Å². The highest BCUT2D eigenvalue weighted by atomic mass is 32.1. The number of aryl methyl sites for hydroxylation is 1. The number of anilines is 1. The van der Waals surface area contributed by atoms with Crippen molar-refractivity contribution in [2.45, 2.75) is 19.9 Å². The van der Waals surface area contributed by atoms with Gasteiger partial charge in [-0.15, -0.1) is 22.7 Å². The Hall–Kier alpha value is -2.07. The average Bonchev–Trinajstić information content (AvgIpc) is 3.38. The number of carbonyl (C=O) groups excluding carboxylic acids is 1. The lowest BCUT2D eigenvalue weighted by Gasteiger charge is -2.26. The Labute approximate surface area is 178 Å². The molecule has 0 aromatic carbocycles. The number of nitrogens with one attached hydrogen (secondary N) is 2. The van der Waals surface area contributed by atoms with Crippen molar-refractivity contribution in [3.63, 3.8) is 0 Å². The molecule has 4 rings (SSSR count). The number of fused-ring (bicyclic) bond motifs is 1. The molecule has 1 aliphatic rings. The van der Waals surface area contributed by atoms with E-state index in [2.05, 4.69) is 43.9 Å². The normalized spacial score (nSPS) is 16.1. The topological polar surface area (TPSA) is 79.4 Å². The van der Waals surface area contributed by atoms with Crippen LogP contribution in [0.1, 0.15) is 33.1 Å². The predicted octanol–water partition coefficient (Wildman–Crippen LogP) is 3.30. The van der Waals surface area contributed by atoms with Crippen molar-refractivity contribution >= 4 is 44.6 Å². The second-order valence-electron chi connectivity index (χ2n) is 7.05. The molecular formula is C20H25N5O2S2. The number of thiophene rings is 2. The standard InChI is InChI=1S/C20H25N5O2S2/c1-13-16-18(24-14(2)15-4-3-11-28-15)22-12-23-20(16)29-17(13)19(26)21-5-6-25-7-9-27-10-8-25/h3-4,11-12,14H,5-10H2,1-2H3,(H,21,26)(H,22,23,24). The zero-order valence-electron chi connectivity index (χ0n) is 16.6. The zero-order chi connectivity index (χ0) is 20.2. The number of hydrogen-bond donors (Lipinski definition) is 2. The molecular weight excluding hydrogens is 406 g/mol. The molecule has 1 fully saturated rings. The molecule has 1 saturated heterocycles. The van der Waals surface area contributed by atoms with Crippen molar-refractivity contribution in [1.29, 1.82) is 0 Å². The molecule has 0 saturated carbocycles. The van der Waals surface area contributed by atoms with Crippen molar-refractivity contribution in [1.82, 2.24) is 20.2 Å². The molecule has 1 amide bonds. The zero-order valence-corrected chi connectivity index (χ0v) is 18.2. The van der Waals surface area contributed by atoms with E-state index in [4.69, 9.17) is 4.74 Å². The van der Waals surface area contributed by atoms with Gasteiger partial charge in [0.15, 0.2) is 0 Å². The van der Waals surface area contributed by atoms with E-state index in [0.717, 1.165) is 54.4 Å². The van der Waals surface area contributed by atoms with Crippen LogP contribution < -0.4 is 10.6 Å². The van der Waals surface area contributed by atoms with Crippen LogP contribution in [0, 0.1) is 6.92 Å². The number of morpholine rings is 1. The Morgan fingerprint density at radius 3 is 2.93 bits per heavy atom. The first-order valence-corrected chi connectivity index (χ1v) is 11.5. The molecule has 2 N–H and O–H groups in total. The minimum absolute atomic E-state index is 0.0454. The number of carbonyl (C=O) groups is 1. The number of nitrogens with zero attached hydrogens (tertiary/aromatic N) is 3. The molecule has 29 heavy (non-hydrogen) atoms. The van der Waals surface area contributed by atoms with Crippen molar-refractivity contribution in [3.8, 4) is 0 Å². The summed E-state index contributed by atoms with van der Waals surface area (Å²) in [5.41, 5.74) is 0.926. The number of aromatic nitrogens is 2. The fourth-order valence-electron chi connectivity index (χ4n) is 3.44. The lowest BCUT2D eigenvalue weighted by molar-refractivity contribution is 0.0383. The molecule has 1 unspecified atom stereocenters. The summed E-state index contributed by atoms with van der Waals surface area (Å²) >= 11 is 3.13. The maximum absolute atomic E-state index is 12.8. The largest absolute Gasteiger partial charge is 0.379 e. The van der Waals surface area contributed by atoms with E-state index in [-0.39, 0.29) is 11.9 Å². The minimum Gasteiger partial charge on any atom is -0.379 e. The number of hydrogen-bond acceptors (Lipinski definition) is 8. The predicted molar refractivity (Wildman–Crippen MR) is 118 cm³/mol. The quantitative estimate of drug-likeness (QED) is 0.598. The van der Waals surface area contributed by atoms with Gasteiger partial charge in [0.1, 0.15) is 17.0 Å². The third-order valence-corrected chi connectivity index (χ3v) is 7.33. The van der Waals surface area contributed by atoms with Gasteiger partial charge in [-0.2, -0.15) is 0 Å². The molecule has 3 aromatic heterocycles. The first-order chi connectivity index (χ1) is 14.1. The Bertz CT molecular complexity index is 967. The molecule has 0 radical (unpaired) electrons. The summed E-state index contributed by atoms with van der Waals surface area (Å²) in [6, 6.07) is 4.29. The molecule has 7 nitrogen and oxygen atoms in total. The van der Waals surface area contributed by atoms with E-state index >= 15 is 0 Å². The molecule has 3 aromatic rings. The van der Waals surface area contributed by atoms with Gasteiger partial charge in [0, 0.05) is 31.1 Å². The maximum atomic E-state index is 12.8. The smallest absolute Gasteiger partial charge is 0.261 e. The first-order valence-electron chi connectivity index (χ1n) is 9.76. The van der Waals surface area contributed by atoms with E-state index in [1.165, 1.54) is 16.2 Å². The van der Waals surface area contributed by atoms with Gasteiger partial charge < -0.3 is 15.4 Å². The summed E-state index contributed by atoms with van der Waals surface area (Å²) < 4.78 is 5.36. The van der Waals surface area contributed by atoms with Crippen LogP contribution in [-0.2, 0) is 4.74 Å². The third-order valence-electron chi connectivity index (χ3n) is 5.07. The van der Waals surface area contributed by atoms with E-state index in [0.29, 0.717) is 11.4 Å². The molecule has 0 aliphatic carbocycles. The minimum atomic E-state index is -0.0454. The summed E-state index contributed by atoms with van der Waals surface area (Å²) in [7, 11) is 0. The number of ether oxygens (including phenoxy) is 1.